The first-order valence-electron chi connectivity index (χ1n) is 5.82. The first-order valence-corrected chi connectivity index (χ1v) is 5.82. The highest BCUT2D eigenvalue weighted by Crippen LogP contribution is 2.27. The largest absolute Gasteiger partial charge is 0.468 e. The van der Waals surface area contributed by atoms with E-state index >= 15 is 0 Å². The van der Waals surface area contributed by atoms with Crippen LogP contribution in [0.3, 0.4) is 0 Å². The molecule has 2 atom stereocenters. The molecule has 84 valence electrons. The lowest BCUT2D eigenvalue weighted by atomic mass is 9.99. The Labute approximate surface area is 91.2 Å². The van der Waals surface area contributed by atoms with Crippen LogP contribution in [0.15, 0.2) is 22.8 Å². The average Bonchev–Trinajstić information content (AvgIpc) is 2.81. The molecule has 0 amide bonds. The Bertz CT molecular complexity index is 284. The van der Waals surface area contributed by atoms with E-state index in [0.717, 1.165) is 18.8 Å². The van der Waals surface area contributed by atoms with Crippen LogP contribution in [0, 0.1) is 0 Å². The van der Waals surface area contributed by atoms with Gasteiger partial charge in [0.2, 0.25) is 0 Å². The van der Waals surface area contributed by atoms with E-state index in [1.54, 1.807) is 6.26 Å². The van der Waals surface area contributed by atoms with Gasteiger partial charge in [-0.25, -0.2) is 0 Å². The van der Waals surface area contributed by atoms with E-state index in [1.165, 1.54) is 19.3 Å². The zero-order valence-corrected chi connectivity index (χ0v) is 9.36. The van der Waals surface area contributed by atoms with E-state index in [9.17, 15) is 0 Å². The molecule has 0 aliphatic carbocycles. The van der Waals surface area contributed by atoms with Gasteiger partial charge >= 0.3 is 0 Å². The van der Waals surface area contributed by atoms with Crippen LogP contribution in [0.4, 0.5) is 0 Å². The molecule has 0 bridgehead atoms. The molecule has 1 aromatic heterocycles. The molecule has 0 radical (unpaired) electrons. The number of nitrogens with zero attached hydrogens (tertiary/aromatic N) is 1. The number of hydrogen-bond acceptors (Lipinski definition) is 3. The molecule has 1 aliphatic rings. The first-order chi connectivity index (χ1) is 7.33. The second-order valence-corrected chi connectivity index (χ2v) is 4.31. The lowest BCUT2D eigenvalue weighted by Gasteiger charge is -2.38. The number of rotatable bonds is 3. The van der Waals surface area contributed by atoms with Crippen molar-refractivity contribution in [3.05, 3.63) is 24.2 Å². The molecule has 1 fully saturated rings. The minimum Gasteiger partial charge on any atom is -0.468 e. The van der Waals surface area contributed by atoms with Crippen molar-refractivity contribution in [2.24, 2.45) is 5.73 Å². The van der Waals surface area contributed by atoms with Gasteiger partial charge in [0.1, 0.15) is 5.76 Å². The summed E-state index contributed by atoms with van der Waals surface area (Å²) in [7, 11) is 0. The van der Waals surface area contributed by atoms with E-state index in [4.69, 9.17) is 10.2 Å². The predicted molar refractivity (Wildman–Crippen MR) is 60.5 cm³/mol. The number of likely N-dealkylation sites (tertiary alicyclic amines) is 1. The summed E-state index contributed by atoms with van der Waals surface area (Å²) < 4.78 is 5.46. The van der Waals surface area contributed by atoms with E-state index < -0.39 is 0 Å². The summed E-state index contributed by atoms with van der Waals surface area (Å²) in [6, 6.07) is 4.88. The third-order valence-corrected chi connectivity index (χ3v) is 3.40. The third kappa shape index (κ3) is 2.24. The molecule has 0 spiro atoms. The van der Waals surface area contributed by atoms with Gasteiger partial charge in [0, 0.05) is 12.6 Å². The van der Waals surface area contributed by atoms with Crippen molar-refractivity contribution in [1.29, 1.82) is 0 Å². The molecule has 1 saturated heterocycles. The Balaban J connectivity index is 2.07. The van der Waals surface area contributed by atoms with Crippen LogP contribution in [0.2, 0.25) is 0 Å². The van der Waals surface area contributed by atoms with Crippen LogP contribution in [0.25, 0.3) is 0 Å². The Morgan fingerprint density at radius 3 is 3.13 bits per heavy atom. The van der Waals surface area contributed by atoms with E-state index in [-0.39, 0.29) is 0 Å². The molecular formula is C12H20N2O. The fourth-order valence-electron chi connectivity index (χ4n) is 2.48. The summed E-state index contributed by atoms with van der Waals surface area (Å²) in [6.45, 7) is 4.10. The maximum atomic E-state index is 5.81. The number of furan rings is 1. The van der Waals surface area contributed by atoms with Gasteiger partial charge in [-0.1, -0.05) is 6.42 Å². The van der Waals surface area contributed by atoms with Crippen molar-refractivity contribution in [2.45, 2.75) is 38.3 Å². The zero-order valence-electron chi connectivity index (χ0n) is 9.36. The van der Waals surface area contributed by atoms with Crippen molar-refractivity contribution >= 4 is 0 Å². The minimum absolute atomic E-state index is 0.355. The average molecular weight is 208 g/mol. The maximum Gasteiger partial charge on any atom is 0.120 e. The summed E-state index contributed by atoms with van der Waals surface area (Å²) in [5, 5.41) is 0. The Morgan fingerprint density at radius 2 is 2.47 bits per heavy atom. The number of hydrogen-bond donors (Lipinski definition) is 1. The smallest absolute Gasteiger partial charge is 0.120 e. The van der Waals surface area contributed by atoms with Crippen molar-refractivity contribution in [3.8, 4) is 0 Å². The van der Waals surface area contributed by atoms with Crippen LogP contribution < -0.4 is 5.73 Å². The van der Waals surface area contributed by atoms with Crippen LogP contribution in [0.5, 0.6) is 0 Å². The molecule has 3 heteroatoms. The van der Waals surface area contributed by atoms with Crippen molar-refractivity contribution in [1.82, 2.24) is 4.90 Å². The normalized spacial score (nSPS) is 25.3. The Morgan fingerprint density at radius 1 is 1.60 bits per heavy atom. The van der Waals surface area contributed by atoms with Gasteiger partial charge < -0.3 is 10.2 Å². The molecule has 2 rings (SSSR count). The monoisotopic (exact) mass is 208 g/mol. The summed E-state index contributed by atoms with van der Waals surface area (Å²) in [6.07, 6.45) is 5.56. The van der Waals surface area contributed by atoms with Crippen molar-refractivity contribution in [3.63, 3.8) is 0 Å². The molecule has 1 aromatic rings. The molecule has 0 saturated carbocycles. The zero-order chi connectivity index (χ0) is 10.7. The van der Waals surface area contributed by atoms with Crippen LogP contribution >= 0.6 is 0 Å². The van der Waals surface area contributed by atoms with Gasteiger partial charge in [0.25, 0.3) is 0 Å². The highest BCUT2D eigenvalue weighted by Gasteiger charge is 2.27. The van der Waals surface area contributed by atoms with E-state index in [2.05, 4.69) is 11.8 Å². The van der Waals surface area contributed by atoms with Crippen molar-refractivity contribution in [2.75, 3.05) is 13.1 Å². The Hall–Kier alpha value is -0.800. The molecule has 0 unspecified atom stereocenters. The number of nitrogens with two attached hydrogens (primary N) is 1. The summed E-state index contributed by atoms with van der Waals surface area (Å²) in [5.41, 5.74) is 5.81. The summed E-state index contributed by atoms with van der Waals surface area (Å²) >= 11 is 0. The third-order valence-electron chi connectivity index (χ3n) is 3.40. The van der Waals surface area contributed by atoms with Gasteiger partial charge in [-0.05, 0) is 38.4 Å². The first kappa shape index (κ1) is 10.7. The van der Waals surface area contributed by atoms with Crippen molar-refractivity contribution < 1.29 is 4.42 Å². The molecular weight excluding hydrogens is 188 g/mol. The second kappa shape index (κ2) is 4.81. The lowest BCUT2D eigenvalue weighted by Crippen LogP contribution is -2.45. The topological polar surface area (TPSA) is 42.4 Å². The molecule has 15 heavy (non-hydrogen) atoms. The molecule has 1 aliphatic heterocycles. The van der Waals surface area contributed by atoms with Gasteiger partial charge in [0.15, 0.2) is 0 Å². The second-order valence-electron chi connectivity index (χ2n) is 4.31. The van der Waals surface area contributed by atoms with Crippen LogP contribution in [0.1, 0.15) is 38.0 Å². The van der Waals surface area contributed by atoms with E-state index in [1.807, 2.05) is 12.1 Å². The SMILES string of the molecule is C[C@@H](c1ccco1)N1CCCC[C@@H]1CN. The molecule has 2 N–H and O–H groups in total. The fourth-order valence-corrected chi connectivity index (χ4v) is 2.48. The Kier molecular flexibility index (Phi) is 3.44. The molecule has 0 aromatic carbocycles. The summed E-state index contributed by atoms with van der Waals surface area (Å²) in [4.78, 5) is 2.47. The summed E-state index contributed by atoms with van der Waals surface area (Å²) in [5.74, 6) is 1.05. The highest BCUT2D eigenvalue weighted by atomic mass is 16.3. The van der Waals surface area contributed by atoms with Gasteiger partial charge in [-0.2, -0.15) is 0 Å². The maximum absolute atomic E-state index is 5.81. The van der Waals surface area contributed by atoms with Gasteiger partial charge in [-0.3, -0.25) is 4.90 Å². The minimum atomic E-state index is 0.355. The highest BCUT2D eigenvalue weighted by molar-refractivity contribution is 5.04. The molecule has 3 nitrogen and oxygen atoms in total. The van der Waals surface area contributed by atoms with Crippen LogP contribution in [-0.2, 0) is 0 Å². The molecule has 2 heterocycles. The lowest BCUT2D eigenvalue weighted by molar-refractivity contribution is 0.0957. The quantitative estimate of drug-likeness (QED) is 0.827. The van der Waals surface area contributed by atoms with Crippen LogP contribution in [-0.4, -0.2) is 24.0 Å². The van der Waals surface area contributed by atoms with Gasteiger partial charge in [-0.15, -0.1) is 0 Å². The fraction of sp³-hybridized carbons (Fsp3) is 0.667. The van der Waals surface area contributed by atoms with Gasteiger partial charge in [0.05, 0.1) is 12.3 Å². The standard InChI is InChI=1S/C12H20N2O/c1-10(12-6-4-8-15-12)14-7-3-2-5-11(14)9-13/h4,6,8,10-11H,2-3,5,7,9,13H2,1H3/t10-,11+/m0/s1. The van der Waals surface area contributed by atoms with E-state index in [0.29, 0.717) is 12.1 Å². The number of piperidine rings is 1. The predicted octanol–water partition coefficient (Wildman–Crippen LogP) is 2.15.